The molecule has 0 N–H and O–H groups in total. The summed E-state index contributed by atoms with van der Waals surface area (Å²) in [5.41, 5.74) is 2.50. The Kier molecular flexibility index (Phi) is 5.88. The zero-order valence-electron chi connectivity index (χ0n) is 17.1. The van der Waals surface area contributed by atoms with E-state index in [1.807, 2.05) is 35.2 Å². The number of aliphatic imine (C=N–C) groups is 1. The van der Waals surface area contributed by atoms with Gasteiger partial charge in [0.1, 0.15) is 0 Å². The Bertz CT molecular complexity index is 1050. The highest BCUT2D eigenvalue weighted by atomic mass is 32.2. The predicted octanol–water partition coefficient (Wildman–Crippen LogP) is 3.45. The van der Waals surface area contributed by atoms with E-state index in [1.165, 1.54) is 11.8 Å². The van der Waals surface area contributed by atoms with E-state index in [2.05, 4.69) is 23.7 Å². The van der Waals surface area contributed by atoms with E-state index >= 15 is 0 Å². The van der Waals surface area contributed by atoms with Crippen molar-refractivity contribution in [1.82, 2.24) is 0 Å². The first kappa shape index (κ1) is 20.9. The van der Waals surface area contributed by atoms with Crippen molar-refractivity contribution in [2.75, 3.05) is 34.4 Å². The fraction of sp³-hybridized carbons (Fsp3) is 0.364. The molecule has 2 aliphatic rings. The van der Waals surface area contributed by atoms with Crippen molar-refractivity contribution in [3.63, 3.8) is 0 Å². The second kappa shape index (κ2) is 8.43. The van der Waals surface area contributed by atoms with Crippen LogP contribution in [0.15, 0.2) is 59.6 Å². The molecule has 0 bridgehead atoms. The zero-order chi connectivity index (χ0) is 21.3. The van der Waals surface area contributed by atoms with E-state index in [4.69, 9.17) is 0 Å². The number of sulfone groups is 1. The summed E-state index contributed by atoms with van der Waals surface area (Å²) in [4.78, 5) is 21.3. The van der Waals surface area contributed by atoms with Crippen LogP contribution in [0.2, 0.25) is 0 Å². The number of carbonyl (C=O) groups excluding carboxylic acids is 1. The van der Waals surface area contributed by atoms with Crippen LogP contribution in [0.1, 0.15) is 24.2 Å². The van der Waals surface area contributed by atoms with Gasteiger partial charge in [0, 0.05) is 35.3 Å². The van der Waals surface area contributed by atoms with Crippen molar-refractivity contribution < 1.29 is 13.2 Å². The highest BCUT2D eigenvalue weighted by molar-refractivity contribution is 8.16. The standard InChI is InChI=1S/C22H25N3O3S2/c1-3-24(4-2)17-10-12-18(13-11-17)25-19-14-30(27,28)15-20(19)29-22(25)23-21(26)16-8-6-5-7-9-16/h5-13,19-20H,3-4,14-15H2,1-2H3/t19-,20-/m0/s1. The zero-order valence-corrected chi connectivity index (χ0v) is 18.7. The minimum Gasteiger partial charge on any atom is -0.372 e. The molecule has 0 saturated carbocycles. The summed E-state index contributed by atoms with van der Waals surface area (Å²) < 4.78 is 24.5. The Morgan fingerprint density at radius 1 is 1.07 bits per heavy atom. The van der Waals surface area contributed by atoms with E-state index in [1.54, 1.807) is 24.3 Å². The number of thioether (sulfide) groups is 1. The molecule has 1 amide bonds. The summed E-state index contributed by atoms with van der Waals surface area (Å²) in [5.74, 6) is -0.110. The van der Waals surface area contributed by atoms with Crippen LogP contribution < -0.4 is 9.80 Å². The third-order valence-corrected chi connectivity index (χ3v) is 8.75. The van der Waals surface area contributed by atoms with Gasteiger partial charge in [-0.25, -0.2) is 8.42 Å². The Hall–Kier alpha value is -2.32. The summed E-state index contributed by atoms with van der Waals surface area (Å²) in [5, 5.41) is 0.462. The lowest BCUT2D eigenvalue weighted by molar-refractivity contribution is 0.100. The van der Waals surface area contributed by atoms with E-state index in [9.17, 15) is 13.2 Å². The van der Waals surface area contributed by atoms with Gasteiger partial charge in [0.2, 0.25) is 0 Å². The molecule has 6 nitrogen and oxygen atoms in total. The molecule has 4 rings (SSSR count). The van der Waals surface area contributed by atoms with Crippen LogP contribution in [-0.2, 0) is 9.84 Å². The number of carbonyl (C=O) groups is 1. The molecular formula is C22H25N3O3S2. The third-order valence-electron chi connectivity index (χ3n) is 5.54. The minimum atomic E-state index is -3.09. The van der Waals surface area contributed by atoms with Crippen LogP contribution in [0.3, 0.4) is 0 Å². The molecule has 2 heterocycles. The summed E-state index contributed by atoms with van der Waals surface area (Å²) in [6.07, 6.45) is 0. The highest BCUT2D eigenvalue weighted by Gasteiger charge is 2.49. The molecule has 2 atom stereocenters. The maximum Gasteiger partial charge on any atom is 0.279 e. The van der Waals surface area contributed by atoms with Gasteiger partial charge >= 0.3 is 0 Å². The number of nitrogens with zero attached hydrogens (tertiary/aromatic N) is 3. The molecule has 8 heteroatoms. The van der Waals surface area contributed by atoms with Crippen LogP contribution >= 0.6 is 11.8 Å². The number of hydrogen-bond donors (Lipinski definition) is 0. The SMILES string of the molecule is CCN(CC)c1ccc(N2C(=NC(=O)c3ccccc3)S[C@H]3CS(=O)(=O)C[C@@H]32)cc1. The van der Waals surface area contributed by atoms with Gasteiger partial charge in [-0.3, -0.25) is 4.79 Å². The molecular weight excluding hydrogens is 418 g/mol. The van der Waals surface area contributed by atoms with E-state index in [0.29, 0.717) is 10.7 Å². The Labute approximate surface area is 181 Å². The Morgan fingerprint density at radius 2 is 1.73 bits per heavy atom. The number of amidine groups is 1. The minimum absolute atomic E-state index is 0.0843. The number of fused-ring (bicyclic) bond motifs is 1. The maximum absolute atomic E-state index is 12.7. The molecule has 0 aromatic heterocycles. The number of benzene rings is 2. The average molecular weight is 444 g/mol. The second-order valence-electron chi connectivity index (χ2n) is 7.42. The van der Waals surface area contributed by atoms with Crippen LogP contribution in [0.4, 0.5) is 11.4 Å². The van der Waals surface area contributed by atoms with Crippen molar-refractivity contribution in [2.24, 2.45) is 4.99 Å². The lowest BCUT2D eigenvalue weighted by atomic mass is 10.2. The second-order valence-corrected chi connectivity index (χ2v) is 10.8. The van der Waals surface area contributed by atoms with Gasteiger partial charge < -0.3 is 9.80 Å². The molecule has 2 fully saturated rings. The number of anilines is 2. The van der Waals surface area contributed by atoms with Gasteiger partial charge in [-0.05, 0) is 50.2 Å². The number of amides is 1. The quantitative estimate of drug-likeness (QED) is 0.705. The topological polar surface area (TPSA) is 70.0 Å². The molecule has 0 spiro atoms. The summed E-state index contributed by atoms with van der Waals surface area (Å²) >= 11 is 1.39. The van der Waals surface area contributed by atoms with Crippen LogP contribution in [0.5, 0.6) is 0 Å². The van der Waals surface area contributed by atoms with Crippen molar-refractivity contribution in [2.45, 2.75) is 25.1 Å². The average Bonchev–Trinajstić information content (AvgIpc) is 3.21. The van der Waals surface area contributed by atoms with E-state index in [-0.39, 0.29) is 28.7 Å². The van der Waals surface area contributed by atoms with Gasteiger partial charge in [-0.15, -0.1) is 0 Å². The third kappa shape index (κ3) is 4.11. The molecule has 2 aromatic carbocycles. The summed E-state index contributed by atoms with van der Waals surface area (Å²) in [6.45, 7) is 6.05. The first-order valence-electron chi connectivity index (χ1n) is 10.1. The largest absolute Gasteiger partial charge is 0.372 e. The van der Waals surface area contributed by atoms with E-state index in [0.717, 1.165) is 24.5 Å². The van der Waals surface area contributed by atoms with Gasteiger partial charge in [-0.1, -0.05) is 30.0 Å². The van der Waals surface area contributed by atoms with Crippen molar-refractivity contribution in [3.8, 4) is 0 Å². The van der Waals surface area contributed by atoms with Gasteiger partial charge in [0.15, 0.2) is 15.0 Å². The Morgan fingerprint density at radius 3 is 2.37 bits per heavy atom. The first-order valence-corrected chi connectivity index (χ1v) is 12.8. The van der Waals surface area contributed by atoms with Gasteiger partial charge in [-0.2, -0.15) is 4.99 Å². The maximum atomic E-state index is 12.7. The molecule has 0 radical (unpaired) electrons. The lowest BCUT2D eigenvalue weighted by Crippen LogP contribution is -2.37. The smallest absolute Gasteiger partial charge is 0.279 e. The molecule has 0 unspecified atom stereocenters. The van der Waals surface area contributed by atoms with Crippen molar-refractivity contribution in [3.05, 3.63) is 60.2 Å². The highest BCUT2D eigenvalue weighted by Crippen LogP contribution is 2.41. The first-order chi connectivity index (χ1) is 14.4. The summed E-state index contributed by atoms with van der Waals surface area (Å²) in [6, 6.07) is 16.8. The fourth-order valence-electron chi connectivity index (χ4n) is 4.01. The monoisotopic (exact) mass is 443 g/mol. The number of rotatable bonds is 5. The van der Waals surface area contributed by atoms with E-state index < -0.39 is 9.84 Å². The molecule has 2 aromatic rings. The molecule has 30 heavy (non-hydrogen) atoms. The fourth-order valence-corrected chi connectivity index (χ4v) is 7.92. The lowest BCUT2D eigenvalue weighted by Gasteiger charge is -2.26. The van der Waals surface area contributed by atoms with Crippen molar-refractivity contribution >= 4 is 44.0 Å². The van der Waals surface area contributed by atoms with Crippen molar-refractivity contribution in [1.29, 1.82) is 0 Å². The number of hydrogen-bond acceptors (Lipinski definition) is 5. The molecule has 0 aliphatic carbocycles. The Balaban J connectivity index is 1.69. The predicted molar refractivity (Wildman–Crippen MR) is 125 cm³/mol. The normalized spacial score (nSPS) is 23.5. The molecule has 2 saturated heterocycles. The summed E-state index contributed by atoms with van der Waals surface area (Å²) in [7, 11) is -3.09. The van der Waals surface area contributed by atoms with Crippen LogP contribution in [0, 0.1) is 0 Å². The molecule has 158 valence electrons. The van der Waals surface area contributed by atoms with Crippen LogP contribution in [0.25, 0.3) is 0 Å². The molecule has 2 aliphatic heterocycles. The van der Waals surface area contributed by atoms with Crippen LogP contribution in [-0.4, -0.2) is 55.4 Å². The van der Waals surface area contributed by atoms with Gasteiger partial charge in [0.25, 0.3) is 5.91 Å². The van der Waals surface area contributed by atoms with Gasteiger partial charge in [0.05, 0.1) is 17.5 Å².